The predicted molar refractivity (Wildman–Crippen MR) is 174 cm³/mol. The largest absolute Gasteiger partial charge is 0.494 e. The van der Waals surface area contributed by atoms with E-state index in [2.05, 4.69) is 13.8 Å². The van der Waals surface area contributed by atoms with Gasteiger partial charge in [-0.15, -0.1) is 0 Å². The molecule has 0 N–H and O–H groups in total. The maximum absolute atomic E-state index is 15.2. The number of imidazole rings is 1. The summed E-state index contributed by atoms with van der Waals surface area (Å²) in [6.45, 7) is 6.16. The van der Waals surface area contributed by atoms with E-state index in [0.717, 1.165) is 42.6 Å². The third-order valence-electron chi connectivity index (χ3n) is 8.38. The minimum absolute atomic E-state index is 0.0444. The van der Waals surface area contributed by atoms with Gasteiger partial charge in [0.15, 0.2) is 16.7 Å². The van der Waals surface area contributed by atoms with Gasteiger partial charge in [0.05, 0.1) is 38.3 Å². The fraction of sp³-hybridized carbons (Fsp3) is 0.417. The molecule has 0 spiro atoms. The summed E-state index contributed by atoms with van der Waals surface area (Å²) < 4.78 is 82.5. The van der Waals surface area contributed by atoms with Crippen molar-refractivity contribution in [2.45, 2.75) is 62.3 Å². The summed E-state index contributed by atoms with van der Waals surface area (Å²) >= 11 is 1.19. The second kappa shape index (κ2) is 16.0. The molecule has 0 amide bonds. The lowest BCUT2D eigenvalue weighted by Crippen LogP contribution is -2.31. The molecule has 4 aromatic rings. The second-order valence-electron chi connectivity index (χ2n) is 11.6. The number of fused-ring (bicyclic) bond motifs is 1. The highest BCUT2D eigenvalue weighted by Crippen LogP contribution is 2.46. The van der Waals surface area contributed by atoms with Crippen molar-refractivity contribution in [3.8, 4) is 17.2 Å². The number of hydrogen-bond acceptors (Lipinski definition) is 6. The standard InChI is InChI=1S/C36H40F4N2O4S/c1-4-5-15-44-16-17-45-18-19-46-27-21-30(39)28(31(40)22-27)23-47-35-41-32-7-6-14-36(2,24-8-13-29(38)33(20-24)43-3)34(32)42(35)26-11-9-25(37)10-12-26/h8-13,20-22H,4-7,14-19,23H2,1-3H3. The SMILES string of the molecule is CCCCOCCOCCOc1cc(F)c(CSc2nc3c(n2-c2ccc(F)cc2)C(C)(c2ccc(F)c(OC)c2)CCC3)c(F)c1. The van der Waals surface area contributed by atoms with Crippen molar-refractivity contribution in [1.82, 2.24) is 9.55 Å². The van der Waals surface area contributed by atoms with Crippen LogP contribution in [-0.2, 0) is 27.1 Å². The number of methoxy groups -OCH3 is 1. The molecular weight excluding hydrogens is 632 g/mol. The van der Waals surface area contributed by atoms with Crippen LogP contribution in [0.1, 0.15) is 62.0 Å². The molecule has 3 aromatic carbocycles. The molecule has 6 nitrogen and oxygen atoms in total. The highest BCUT2D eigenvalue weighted by Gasteiger charge is 2.40. The van der Waals surface area contributed by atoms with Crippen molar-refractivity contribution in [1.29, 1.82) is 0 Å². The zero-order valence-corrected chi connectivity index (χ0v) is 27.7. The van der Waals surface area contributed by atoms with Gasteiger partial charge in [-0.05, 0) is 74.6 Å². The Kier molecular flexibility index (Phi) is 11.9. The first-order valence-corrected chi connectivity index (χ1v) is 16.8. The van der Waals surface area contributed by atoms with Crippen LogP contribution in [0.25, 0.3) is 5.69 Å². The van der Waals surface area contributed by atoms with Gasteiger partial charge in [-0.2, -0.15) is 0 Å². The number of nitrogens with zero attached hydrogens (tertiary/aromatic N) is 2. The van der Waals surface area contributed by atoms with Gasteiger partial charge in [0.2, 0.25) is 0 Å². The van der Waals surface area contributed by atoms with Gasteiger partial charge in [-0.3, -0.25) is 4.57 Å². The van der Waals surface area contributed by atoms with Crippen molar-refractivity contribution in [3.05, 3.63) is 100 Å². The summed E-state index contributed by atoms with van der Waals surface area (Å²) in [4.78, 5) is 4.94. The summed E-state index contributed by atoms with van der Waals surface area (Å²) in [6, 6.07) is 13.2. The van der Waals surface area contributed by atoms with E-state index < -0.39 is 28.7 Å². The molecule has 1 aliphatic carbocycles. The van der Waals surface area contributed by atoms with Crippen LogP contribution in [0.2, 0.25) is 0 Å². The topological polar surface area (TPSA) is 54.7 Å². The highest BCUT2D eigenvalue weighted by molar-refractivity contribution is 7.98. The summed E-state index contributed by atoms with van der Waals surface area (Å²) in [5.74, 6) is -2.15. The van der Waals surface area contributed by atoms with Crippen LogP contribution in [0.3, 0.4) is 0 Å². The van der Waals surface area contributed by atoms with Gasteiger partial charge in [0, 0.05) is 41.2 Å². The normalized spacial score (nSPS) is 15.9. The number of aryl methyl sites for hydroxylation is 1. The van der Waals surface area contributed by atoms with Crippen LogP contribution in [0.15, 0.2) is 59.8 Å². The maximum atomic E-state index is 15.2. The van der Waals surface area contributed by atoms with Crippen LogP contribution in [0.4, 0.5) is 17.6 Å². The average Bonchev–Trinajstić information content (AvgIpc) is 3.44. The van der Waals surface area contributed by atoms with Crippen molar-refractivity contribution in [3.63, 3.8) is 0 Å². The monoisotopic (exact) mass is 672 g/mol. The zero-order valence-electron chi connectivity index (χ0n) is 26.9. The molecule has 0 radical (unpaired) electrons. The van der Waals surface area contributed by atoms with Gasteiger partial charge in [-0.25, -0.2) is 22.5 Å². The Bertz CT molecular complexity index is 1630. The number of hydrogen-bond donors (Lipinski definition) is 0. The fourth-order valence-corrected chi connectivity index (χ4v) is 6.90. The summed E-state index contributed by atoms with van der Waals surface area (Å²) in [6.07, 6.45) is 4.33. The molecule has 1 atom stereocenters. The fourth-order valence-electron chi connectivity index (χ4n) is 5.85. The van der Waals surface area contributed by atoms with Crippen LogP contribution in [-0.4, -0.2) is 49.7 Å². The number of benzene rings is 3. The lowest BCUT2D eigenvalue weighted by Gasteiger charge is -2.36. The molecule has 0 saturated heterocycles. The molecule has 0 fully saturated rings. The van der Waals surface area contributed by atoms with Gasteiger partial charge in [0.1, 0.15) is 29.8 Å². The number of unbranched alkanes of at least 4 members (excludes halogenated alkanes) is 1. The van der Waals surface area contributed by atoms with Crippen molar-refractivity contribution < 1.29 is 36.5 Å². The number of ether oxygens (including phenoxy) is 4. The lowest BCUT2D eigenvalue weighted by molar-refractivity contribution is 0.0355. The average molecular weight is 673 g/mol. The molecule has 0 saturated carbocycles. The predicted octanol–water partition coefficient (Wildman–Crippen LogP) is 8.58. The van der Waals surface area contributed by atoms with Crippen molar-refractivity contribution >= 4 is 11.8 Å². The van der Waals surface area contributed by atoms with Crippen LogP contribution in [0.5, 0.6) is 11.5 Å². The van der Waals surface area contributed by atoms with Crippen molar-refractivity contribution in [2.24, 2.45) is 0 Å². The first-order valence-electron chi connectivity index (χ1n) is 15.9. The van der Waals surface area contributed by atoms with Gasteiger partial charge in [0.25, 0.3) is 0 Å². The number of rotatable bonds is 16. The van der Waals surface area contributed by atoms with Gasteiger partial charge < -0.3 is 18.9 Å². The van der Waals surface area contributed by atoms with Gasteiger partial charge >= 0.3 is 0 Å². The Labute approximate surface area is 277 Å². The molecule has 0 bridgehead atoms. The molecule has 5 rings (SSSR count). The third kappa shape index (κ3) is 8.13. The molecule has 1 unspecified atom stereocenters. The molecule has 47 heavy (non-hydrogen) atoms. The smallest absolute Gasteiger partial charge is 0.173 e. The summed E-state index contributed by atoms with van der Waals surface area (Å²) in [5.41, 5.74) is 2.48. The Hall–Kier alpha value is -3.54. The highest BCUT2D eigenvalue weighted by atomic mass is 32.2. The lowest BCUT2D eigenvalue weighted by atomic mass is 9.71. The number of thioether (sulfide) groups is 1. The minimum Gasteiger partial charge on any atom is -0.494 e. The molecule has 1 aliphatic rings. The van der Waals surface area contributed by atoms with E-state index in [9.17, 15) is 8.78 Å². The molecule has 252 valence electrons. The van der Waals surface area contributed by atoms with E-state index in [0.29, 0.717) is 37.1 Å². The van der Waals surface area contributed by atoms with E-state index in [-0.39, 0.29) is 36.0 Å². The number of aromatic nitrogens is 2. The third-order valence-corrected chi connectivity index (χ3v) is 9.34. The first kappa shape index (κ1) is 34.8. The van der Waals surface area contributed by atoms with Crippen molar-refractivity contribution in [2.75, 3.05) is 40.1 Å². The first-order chi connectivity index (χ1) is 22.7. The maximum Gasteiger partial charge on any atom is 0.173 e. The molecule has 1 aromatic heterocycles. The van der Waals surface area contributed by atoms with E-state index in [4.69, 9.17) is 23.9 Å². The number of halogens is 4. The minimum atomic E-state index is -0.731. The Morgan fingerprint density at radius 1 is 0.872 bits per heavy atom. The van der Waals surface area contributed by atoms with E-state index in [1.165, 1.54) is 49.2 Å². The molecular formula is C36H40F4N2O4S. The molecule has 0 aliphatic heterocycles. The van der Waals surface area contributed by atoms with Crippen LogP contribution in [0, 0.1) is 23.3 Å². The van der Waals surface area contributed by atoms with Gasteiger partial charge in [-0.1, -0.05) is 31.2 Å². The Morgan fingerprint density at radius 3 is 2.28 bits per heavy atom. The van der Waals surface area contributed by atoms with E-state index in [1.807, 2.05) is 4.57 Å². The van der Waals surface area contributed by atoms with Crippen LogP contribution < -0.4 is 9.47 Å². The molecule has 11 heteroatoms. The summed E-state index contributed by atoms with van der Waals surface area (Å²) in [7, 11) is 1.42. The van der Waals surface area contributed by atoms with E-state index >= 15 is 8.78 Å². The Morgan fingerprint density at radius 2 is 1.57 bits per heavy atom. The Balaban J connectivity index is 1.36. The second-order valence-corrected chi connectivity index (χ2v) is 12.6. The quantitative estimate of drug-likeness (QED) is 0.0676. The summed E-state index contributed by atoms with van der Waals surface area (Å²) in [5, 5.41) is 0.513. The molecule has 1 heterocycles. The van der Waals surface area contributed by atoms with E-state index in [1.54, 1.807) is 24.3 Å². The van der Waals surface area contributed by atoms with Crippen LogP contribution >= 0.6 is 11.8 Å². The zero-order chi connectivity index (χ0) is 33.4.